The Hall–Kier alpha value is -1.26. The highest BCUT2D eigenvalue weighted by Crippen LogP contribution is 2.21. The van der Waals surface area contributed by atoms with E-state index in [1.54, 1.807) is 0 Å². The van der Waals surface area contributed by atoms with E-state index in [1.165, 1.54) is 17.1 Å². The zero-order valence-corrected chi connectivity index (χ0v) is 10.9. The molecule has 0 aliphatic carbocycles. The van der Waals surface area contributed by atoms with Gasteiger partial charge in [0.2, 0.25) is 0 Å². The van der Waals surface area contributed by atoms with E-state index in [2.05, 4.69) is 53.0 Å². The minimum Gasteiger partial charge on any atom is -0.304 e. The molecule has 0 saturated heterocycles. The topological polar surface area (TPSA) is 37.8 Å². The summed E-state index contributed by atoms with van der Waals surface area (Å²) in [6.07, 6.45) is 0. The van der Waals surface area contributed by atoms with Gasteiger partial charge in [-0.3, -0.25) is 0 Å². The molecule has 2 aromatic rings. The van der Waals surface area contributed by atoms with E-state index in [9.17, 15) is 0 Å². The molecular formula is C13H17N3S. The Balaban J connectivity index is 2.03. The van der Waals surface area contributed by atoms with Crippen molar-refractivity contribution in [3.05, 3.63) is 47.0 Å². The van der Waals surface area contributed by atoms with Crippen LogP contribution in [0, 0.1) is 5.92 Å². The molecular weight excluding hydrogens is 230 g/mol. The molecule has 0 spiro atoms. The molecule has 0 radical (unpaired) electrons. The van der Waals surface area contributed by atoms with E-state index in [1.807, 2.05) is 11.4 Å². The van der Waals surface area contributed by atoms with Gasteiger partial charge in [0.1, 0.15) is 0 Å². The predicted octanol–water partition coefficient (Wildman–Crippen LogP) is 3.03. The number of rotatable bonds is 5. The number of hydrogen-bond donors (Lipinski definition) is 1. The lowest BCUT2D eigenvalue weighted by molar-refractivity contribution is 0.408. The molecule has 1 heterocycles. The first-order valence-corrected chi connectivity index (χ1v) is 6.65. The summed E-state index contributed by atoms with van der Waals surface area (Å²) in [7, 11) is 0. The van der Waals surface area contributed by atoms with Crippen LogP contribution in [-0.4, -0.2) is 9.59 Å². The van der Waals surface area contributed by atoms with Crippen LogP contribution in [0.25, 0.3) is 0 Å². The van der Waals surface area contributed by atoms with E-state index in [4.69, 9.17) is 0 Å². The van der Waals surface area contributed by atoms with Crippen LogP contribution in [0.2, 0.25) is 0 Å². The number of hydrogen-bond acceptors (Lipinski definition) is 4. The van der Waals surface area contributed by atoms with Crippen LogP contribution >= 0.6 is 11.5 Å². The van der Waals surface area contributed by atoms with Crippen molar-refractivity contribution in [2.45, 2.75) is 26.4 Å². The highest BCUT2D eigenvalue weighted by atomic mass is 32.1. The van der Waals surface area contributed by atoms with Gasteiger partial charge in [0.05, 0.1) is 5.69 Å². The minimum atomic E-state index is 0.359. The number of aromatic nitrogens is 2. The molecule has 0 fully saturated rings. The lowest BCUT2D eigenvalue weighted by Crippen LogP contribution is -2.25. The maximum absolute atomic E-state index is 4.05. The summed E-state index contributed by atoms with van der Waals surface area (Å²) in [4.78, 5) is 0. The van der Waals surface area contributed by atoms with Gasteiger partial charge in [-0.1, -0.05) is 48.7 Å². The fraction of sp³-hybridized carbons (Fsp3) is 0.385. The Morgan fingerprint density at radius 1 is 1.24 bits per heavy atom. The van der Waals surface area contributed by atoms with Crippen molar-refractivity contribution in [2.24, 2.45) is 5.92 Å². The van der Waals surface area contributed by atoms with Crippen molar-refractivity contribution in [2.75, 3.05) is 0 Å². The average molecular weight is 247 g/mol. The minimum absolute atomic E-state index is 0.359. The van der Waals surface area contributed by atoms with Crippen molar-refractivity contribution < 1.29 is 0 Å². The van der Waals surface area contributed by atoms with Crippen LogP contribution in [-0.2, 0) is 6.54 Å². The maximum Gasteiger partial charge on any atom is 0.0893 e. The normalized spacial score (nSPS) is 12.9. The van der Waals surface area contributed by atoms with Gasteiger partial charge < -0.3 is 5.32 Å². The number of nitrogens with one attached hydrogen (secondary N) is 1. The molecule has 2 rings (SSSR count). The summed E-state index contributed by atoms with van der Waals surface area (Å²) < 4.78 is 3.87. The smallest absolute Gasteiger partial charge is 0.0893 e. The third-order valence-corrected chi connectivity index (χ3v) is 3.29. The molecule has 0 aliphatic heterocycles. The van der Waals surface area contributed by atoms with Gasteiger partial charge in [-0.25, -0.2) is 0 Å². The van der Waals surface area contributed by atoms with Crippen LogP contribution in [0.3, 0.4) is 0 Å². The molecule has 1 aromatic heterocycles. The average Bonchev–Trinajstić information content (AvgIpc) is 2.83. The van der Waals surface area contributed by atoms with Gasteiger partial charge in [-0.15, -0.1) is 5.10 Å². The summed E-state index contributed by atoms with van der Waals surface area (Å²) in [5.74, 6) is 0.545. The highest BCUT2D eigenvalue weighted by Gasteiger charge is 2.14. The lowest BCUT2D eigenvalue weighted by atomic mass is 9.96. The third-order valence-electron chi connectivity index (χ3n) is 2.73. The van der Waals surface area contributed by atoms with Gasteiger partial charge in [0, 0.05) is 18.0 Å². The summed E-state index contributed by atoms with van der Waals surface area (Å²) in [5, 5.41) is 9.57. The Kier molecular flexibility index (Phi) is 4.23. The van der Waals surface area contributed by atoms with E-state index in [0.717, 1.165) is 12.2 Å². The molecule has 0 saturated carbocycles. The van der Waals surface area contributed by atoms with Crippen LogP contribution < -0.4 is 5.32 Å². The number of benzene rings is 1. The van der Waals surface area contributed by atoms with E-state index in [0.29, 0.717) is 12.0 Å². The third kappa shape index (κ3) is 3.35. The molecule has 90 valence electrons. The zero-order valence-electron chi connectivity index (χ0n) is 10.1. The first-order valence-electron chi connectivity index (χ1n) is 5.81. The fourth-order valence-electron chi connectivity index (χ4n) is 1.87. The molecule has 1 N–H and O–H groups in total. The summed E-state index contributed by atoms with van der Waals surface area (Å²) >= 11 is 1.39. The van der Waals surface area contributed by atoms with Gasteiger partial charge in [0.25, 0.3) is 0 Å². The fourth-order valence-corrected chi connectivity index (χ4v) is 2.33. The molecule has 17 heavy (non-hydrogen) atoms. The molecule has 0 amide bonds. The second-order valence-corrected chi connectivity index (χ2v) is 5.02. The van der Waals surface area contributed by atoms with Gasteiger partial charge in [-0.2, -0.15) is 0 Å². The molecule has 4 heteroatoms. The quantitative estimate of drug-likeness (QED) is 0.882. The second-order valence-electron chi connectivity index (χ2n) is 4.41. The van der Waals surface area contributed by atoms with Gasteiger partial charge >= 0.3 is 0 Å². The van der Waals surface area contributed by atoms with E-state index < -0.39 is 0 Å². The summed E-state index contributed by atoms with van der Waals surface area (Å²) in [5.41, 5.74) is 2.34. The molecule has 0 aliphatic rings. The maximum atomic E-state index is 4.05. The standard InChI is InChI=1S/C13H17N3S/c1-10(2)13(11-6-4-3-5-7-11)14-8-12-9-17-16-15-12/h3-7,9-10,13-14H,8H2,1-2H3. The summed E-state index contributed by atoms with van der Waals surface area (Å²) in [6, 6.07) is 10.9. The van der Waals surface area contributed by atoms with Crippen molar-refractivity contribution in [3.63, 3.8) is 0 Å². The molecule has 1 unspecified atom stereocenters. The van der Waals surface area contributed by atoms with Crippen molar-refractivity contribution in [1.29, 1.82) is 0 Å². The van der Waals surface area contributed by atoms with Crippen LogP contribution in [0.4, 0.5) is 0 Å². The molecule has 1 atom stereocenters. The first kappa shape index (κ1) is 12.2. The number of nitrogens with zero attached hydrogens (tertiary/aromatic N) is 2. The van der Waals surface area contributed by atoms with E-state index in [-0.39, 0.29) is 0 Å². The van der Waals surface area contributed by atoms with Crippen molar-refractivity contribution in [1.82, 2.24) is 14.9 Å². The SMILES string of the molecule is CC(C)C(NCc1csnn1)c1ccccc1. The Morgan fingerprint density at radius 3 is 2.59 bits per heavy atom. The Labute approximate surface area is 106 Å². The molecule has 1 aromatic carbocycles. The largest absolute Gasteiger partial charge is 0.304 e. The van der Waals surface area contributed by atoms with Crippen LogP contribution in [0.5, 0.6) is 0 Å². The predicted molar refractivity (Wildman–Crippen MR) is 70.8 cm³/mol. The Morgan fingerprint density at radius 2 is 2.00 bits per heavy atom. The second kappa shape index (κ2) is 5.89. The molecule has 0 bridgehead atoms. The monoisotopic (exact) mass is 247 g/mol. The van der Waals surface area contributed by atoms with Crippen LogP contribution in [0.15, 0.2) is 35.7 Å². The molecule has 3 nitrogen and oxygen atoms in total. The van der Waals surface area contributed by atoms with Gasteiger partial charge in [0.15, 0.2) is 0 Å². The zero-order chi connectivity index (χ0) is 12.1. The highest BCUT2D eigenvalue weighted by molar-refractivity contribution is 7.03. The van der Waals surface area contributed by atoms with Crippen molar-refractivity contribution >= 4 is 11.5 Å². The Bertz CT molecular complexity index is 425. The van der Waals surface area contributed by atoms with E-state index >= 15 is 0 Å². The van der Waals surface area contributed by atoms with Gasteiger partial charge in [-0.05, 0) is 23.0 Å². The summed E-state index contributed by atoms with van der Waals surface area (Å²) in [6.45, 7) is 5.22. The van der Waals surface area contributed by atoms with Crippen LogP contribution in [0.1, 0.15) is 31.1 Å². The van der Waals surface area contributed by atoms with Crippen molar-refractivity contribution in [3.8, 4) is 0 Å². The first-order chi connectivity index (χ1) is 8.27. The lowest BCUT2D eigenvalue weighted by Gasteiger charge is -2.22.